The van der Waals surface area contributed by atoms with Crippen LogP contribution in [0.25, 0.3) is 0 Å². The molecular formula is C23H29NO5S. The third-order valence-corrected chi connectivity index (χ3v) is 6.32. The highest BCUT2D eigenvalue weighted by Gasteiger charge is 2.26. The van der Waals surface area contributed by atoms with Gasteiger partial charge < -0.3 is 9.47 Å². The summed E-state index contributed by atoms with van der Waals surface area (Å²) < 4.78 is 39.6. The SMILES string of the molecule is CC(C)(C)OC(=O)COc1cccc2c1CCCCC2NS(=O)(=O)c1ccccc1. The number of sulfonamides is 1. The van der Waals surface area contributed by atoms with Crippen molar-refractivity contribution < 1.29 is 22.7 Å². The summed E-state index contributed by atoms with van der Waals surface area (Å²) in [6.07, 6.45) is 3.28. The number of carbonyl (C=O) groups is 1. The minimum Gasteiger partial charge on any atom is -0.482 e. The van der Waals surface area contributed by atoms with Gasteiger partial charge in [-0.25, -0.2) is 17.9 Å². The third kappa shape index (κ3) is 5.83. The summed E-state index contributed by atoms with van der Waals surface area (Å²) in [6, 6.07) is 13.6. The third-order valence-electron chi connectivity index (χ3n) is 4.83. The van der Waals surface area contributed by atoms with Crippen LogP contribution in [0.5, 0.6) is 5.75 Å². The van der Waals surface area contributed by atoms with Crippen molar-refractivity contribution in [2.45, 2.75) is 63.0 Å². The summed E-state index contributed by atoms with van der Waals surface area (Å²) in [5, 5.41) is 0. The Morgan fingerprint density at radius 2 is 1.80 bits per heavy atom. The number of rotatable bonds is 6. The predicted octanol–water partition coefficient (Wildman–Crippen LogP) is 4.15. The van der Waals surface area contributed by atoms with Gasteiger partial charge in [-0.05, 0) is 69.4 Å². The average molecular weight is 432 g/mol. The van der Waals surface area contributed by atoms with Gasteiger partial charge in [-0.2, -0.15) is 0 Å². The van der Waals surface area contributed by atoms with Gasteiger partial charge in [0.25, 0.3) is 0 Å². The van der Waals surface area contributed by atoms with E-state index in [1.807, 2.05) is 39.0 Å². The van der Waals surface area contributed by atoms with Gasteiger partial charge >= 0.3 is 5.97 Å². The lowest BCUT2D eigenvalue weighted by molar-refractivity contribution is -0.157. The fraction of sp³-hybridized carbons (Fsp3) is 0.435. The number of carbonyl (C=O) groups excluding carboxylic acids is 1. The molecule has 0 aliphatic heterocycles. The van der Waals surface area contributed by atoms with Crippen LogP contribution in [0, 0.1) is 0 Å². The fourth-order valence-electron chi connectivity index (χ4n) is 3.60. The maximum Gasteiger partial charge on any atom is 0.344 e. The van der Waals surface area contributed by atoms with Crippen LogP contribution in [0.15, 0.2) is 53.4 Å². The summed E-state index contributed by atoms with van der Waals surface area (Å²) in [6.45, 7) is 5.24. The van der Waals surface area contributed by atoms with Gasteiger partial charge in [0.15, 0.2) is 6.61 Å². The molecule has 2 aromatic carbocycles. The number of ether oxygens (including phenoxy) is 2. The van der Waals surface area contributed by atoms with Gasteiger partial charge in [-0.3, -0.25) is 0 Å². The maximum absolute atomic E-state index is 12.9. The summed E-state index contributed by atoms with van der Waals surface area (Å²) in [5.41, 5.74) is 1.27. The largest absolute Gasteiger partial charge is 0.482 e. The number of benzene rings is 2. The molecule has 0 saturated carbocycles. The smallest absolute Gasteiger partial charge is 0.344 e. The van der Waals surface area contributed by atoms with Crippen molar-refractivity contribution in [3.05, 3.63) is 59.7 Å². The lowest BCUT2D eigenvalue weighted by atomic mass is 9.99. The summed E-state index contributed by atoms with van der Waals surface area (Å²) in [4.78, 5) is 12.3. The molecule has 2 aromatic rings. The molecule has 1 N–H and O–H groups in total. The van der Waals surface area contributed by atoms with Crippen LogP contribution in [0.1, 0.15) is 57.2 Å². The Bertz CT molecular complexity index is 980. The summed E-state index contributed by atoms with van der Waals surface area (Å²) in [7, 11) is -3.64. The van der Waals surface area contributed by atoms with Crippen molar-refractivity contribution in [2.24, 2.45) is 0 Å². The molecule has 0 radical (unpaired) electrons. The standard InChI is InChI=1S/C23H29NO5S/c1-23(2,3)29-22(25)16-28-21-15-9-13-18-19(21)12-7-8-14-20(18)24-30(26,27)17-10-5-4-6-11-17/h4-6,9-11,13,15,20,24H,7-8,12,14,16H2,1-3H3. The Morgan fingerprint density at radius 3 is 2.50 bits per heavy atom. The minimum atomic E-state index is -3.64. The van der Waals surface area contributed by atoms with Gasteiger partial charge in [-0.1, -0.05) is 36.8 Å². The molecular weight excluding hydrogens is 402 g/mol. The van der Waals surface area contributed by atoms with E-state index in [1.165, 1.54) is 0 Å². The molecule has 0 amide bonds. The number of nitrogens with one attached hydrogen (secondary N) is 1. The summed E-state index contributed by atoms with van der Waals surface area (Å²) in [5.74, 6) is 0.166. The zero-order valence-corrected chi connectivity index (χ0v) is 18.5. The molecule has 1 aliphatic carbocycles. The molecule has 0 spiro atoms. The van der Waals surface area contributed by atoms with Gasteiger partial charge in [0, 0.05) is 6.04 Å². The molecule has 7 heteroatoms. The second-order valence-corrected chi connectivity index (χ2v) is 10.1. The zero-order chi connectivity index (χ0) is 21.8. The van der Waals surface area contributed by atoms with Crippen molar-refractivity contribution in [1.29, 1.82) is 0 Å². The zero-order valence-electron chi connectivity index (χ0n) is 17.7. The minimum absolute atomic E-state index is 0.186. The monoisotopic (exact) mass is 431 g/mol. The first-order chi connectivity index (χ1) is 14.2. The van der Waals surface area contributed by atoms with Crippen LogP contribution in [0.4, 0.5) is 0 Å². The molecule has 0 bridgehead atoms. The number of esters is 1. The highest BCUT2D eigenvalue weighted by molar-refractivity contribution is 7.89. The first-order valence-electron chi connectivity index (χ1n) is 10.2. The molecule has 0 saturated heterocycles. The van der Waals surface area contributed by atoms with Gasteiger partial charge in [0.1, 0.15) is 11.4 Å². The highest BCUT2D eigenvalue weighted by Crippen LogP contribution is 2.35. The lowest BCUT2D eigenvalue weighted by Gasteiger charge is -2.22. The van der Waals surface area contributed by atoms with Gasteiger partial charge in [0.05, 0.1) is 4.90 Å². The van der Waals surface area contributed by atoms with Crippen LogP contribution in [-0.2, 0) is 26.0 Å². The highest BCUT2D eigenvalue weighted by atomic mass is 32.2. The molecule has 0 aromatic heterocycles. The van der Waals surface area contributed by atoms with Crippen molar-refractivity contribution in [2.75, 3.05) is 6.61 Å². The van der Waals surface area contributed by atoms with E-state index in [0.29, 0.717) is 12.2 Å². The Kier molecular flexibility index (Phi) is 6.83. The quantitative estimate of drug-likeness (QED) is 0.549. The van der Waals surface area contributed by atoms with E-state index in [1.54, 1.807) is 30.3 Å². The second-order valence-electron chi connectivity index (χ2n) is 8.43. The molecule has 30 heavy (non-hydrogen) atoms. The van der Waals surface area contributed by atoms with Crippen molar-refractivity contribution in [1.82, 2.24) is 4.72 Å². The van der Waals surface area contributed by atoms with Crippen molar-refractivity contribution in [3.8, 4) is 5.75 Å². The van der Waals surface area contributed by atoms with Gasteiger partial charge in [0.2, 0.25) is 10.0 Å². The Balaban J connectivity index is 1.81. The molecule has 1 aliphatic rings. The van der Waals surface area contributed by atoms with Crippen molar-refractivity contribution in [3.63, 3.8) is 0 Å². The Hall–Kier alpha value is -2.38. The first kappa shape index (κ1) is 22.3. The van der Waals surface area contributed by atoms with Gasteiger partial charge in [-0.15, -0.1) is 0 Å². The van der Waals surface area contributed by atoms with Crippen LogP contribution < -0.4 is 9.46 Å². The van der Waals surface area contributed by atoms with E-state index in [0.717, 1.165) is 30.4 Å². The van der Waals surface area contributed by atoms with E-state index >= 15 is 0 Å². The molecule has 3 rings (SSSR count). The molecule has 1 unspecified atom stereocenters. The lowest BCUT2D eigenvalue weighted by Crippen LogP contribution is -2.29. The number of hydrogen-bond donors (Lipinski definition) is 1. The molecule has 1 atom stereocenters. The van der Waals surface area contributed by atoms with Crippen LogP contribution >= 0.6 is 0 Å². The molecule has 162 valence electrons. The number of hydrogen-bond acceptors (Lipinski definition) is 5. The van der Waals surface area contributed by atoms with Crippen LogP contribution in [-0.4, -0.2) is 26.6 Å². The molecule has 6 nitrogen and oxygen atoms in total. The number of fused-ring (bicyclic) bond motifs is 1. The van der Waals surface area contributed by atoms with E-state index in [4.69, 9.17) is 9.47 Å². The first-order valence-corrected chi connectivity index (χ1v) is 11.7. The fourth-order valence-corrected chi connectivity index (χ4v) is 4.87. The molecule has 0 heterocycles. The Morgan fingerprint density at radius 1 is 1.07 bits per heavy atom. The molecule has 0 fully saturated rings. The van der Waals surface area contributed by atoms with E-state index in [-0.39, 0.29) is 17.5 Å². The van der Waals surface area contributed by atoms with Crippen LogP contribution in [0.3, 0.4) is 0 Å². The average Bonchev–Trinajstić information content (AvgIpc) is 2.88. The maximum atomic E-state index is 12.9. The van der Waals surface area contributed by atoms with Crippen LogP contribution in [0.2, 0.25) is 0 Å². The van der Waals surface area contributed by atoms with E-state index < -0.39 is 21.6 Å². The summed E-state index contributed by atoms with van der Waals surface area (Å²) >= 11 is 0. The Labute approximate surface area is 178 Å². The normalized spacial score (nSPS) is 17.0. The predicted molar refractivity (Wildman–Crippen MR) is 115 cm³/mol. The van der Waals surface area contributed by atoms with E-state index in [9.17, 15) is 13.2 Å². The topological polar surface area (TPSA) is 81.7 Å². The van der Waals surface area contributed by atoms with Crippen molar-refractivity contribution >= 4 is 16.0 Å². The second kappa shape index (κ2) is 9.18. The van der Waals surface area contributed by atoms with E-state index in [2.05, 4.69) is 4.72 Å².